The Balaban J connectivity index is 1.35. The Hall–Kier alpha value is -1.91. The first-order chi connectivity index (χ1) is 33.6. The summed E-state index contributed by atoms with van der Waals surface area (Å²) in [7, 11) is 0. The molecule has 0 bridgehead atoms. The first kappa shape index (κ1) is 58.4. The molecule has 0 unspecified atom stereocenters. The van der Waals surface area contributed by atoms with E-state index in [9.17, 15) is 86.5 Å². The Morgan fingerprint density at radius 1 is 0.437 bits per heavy atom. The van der Waals surface area contributed by atoms with Gasteiger partial charge in [-0.05, 0) is 13.8 Å². The molecule has 6 saturated heterocycles. The number of ether oxygens (including phenoxy) is 12. The van der Waals surface area contributed by atoms with Gasteiger partial charge in [0.2, 0.25) is 5.91 Å². The Bertz CT molecular complexity index is 1680. The summed E-state index contributed by atoms with van der Waals surface area (Å²) < 4.78 is 70.1. The largest absolute Gasteiger partial charge is 0.394 e. The zero-order valence-corrected chi connectivity index (χ0v) is 38.6. The Labute approximate surface area is 404 Å². The standard InChI is InChI=1S/C41H69NO29/c1-5-6-60-37-29(58)26(55)31(16(9-45)66-37)67-40-30(59)34(22(51)15(8-44)63-40)70-36-18(42-13(4)47)33(69-38-27(56)23(52)19(48)11(2)61-38)32(17(10-46)65-36)68-41-35(25(54)21(50)14(7-43)64-41)71-39-28(57)24(53)20(49)12(3)62-39/h5,11-12,14-41,43-46,48-59H,1,6-10H2,2-4H3,(H,42,47)/t11-,12-,14+,15+,16+,17+,18+,19+,20+,21-,22-,23+,24+,25-,26+,27-,28-,29+,30+,31+,32+,33+,34-,35+,36-,37+,38-,39-,40-,41-/m0/s1. The minimum Gasteiger partial charge on any atom is -0.394 e. The van der Waals surface area contributed by atoms with Crippen LogP contribution in [0.1, 0.15) is 20.8 Å². The summed E-state index contributed by atoms with van der Waals surface area (Å²) in [5.74, 6) is -0.874. The third kappa shape index (κ3) is 12.5. The van der Waals surface area contributed by atoms with Crippen LogP contribution < -0.4 is 5.32 Å². The maximum absolute atomic E-state index is 13.1. The van der Waals surface area contributed by atoms with Crippen molar-refractivity contribution >= 4 is 5.91 Å². The summed E-state index contributed by atoms with van der Waals surface area (Å²) in [5.41, 5.74) is 0. The third-order valence-corrected chi connectivity index (χ3v) is 13.1. The summed E-state index contributed by atoms with van der Waals surface area (Å²) in [6, 6.07) is -1.83. The zero-order chi connectivity index (χ0) is 52.3. The van der Waals surface area contributed by atoms with Crippen molar-refractivity contribution in [3.05, 3.63) is 12.7 Å². The molecule has 1 amide bonds. The molecule has 412 valence electrons. The number of rotatable bonds is 18. The molecule has 0 aromatic carbocycles. The molecule has 0 aromatic heterocycles. The first-order valence-corrected chi connectivity index (χ1v) is 22.9. The first-order valence-electron chi connectivity index (χ1n) is 22.9. The topological polar surface area (TPSA) is 464 Å². The molecule has 71 heavy (non-hydrogen) atoms. The third-order valence-electron chi connectivity index (χ3n) is 13.1. The molecule has 0 aromatic rings. The van der Waals surface area contributed by atoms with E-state index in [1.54, 1.807) is 0 Å². The Morgan fingerprint density at radius 3 is 1.38 bits per heavy atom. The lowest BCUT2D eigenvalue weighted by Gasteiger charge is -2.52. The molecule has 6 aliphatic rings. The van der Waals surface area contributed by atoms with Crippen LogP contribution in [0, 0.1) is 0 Å². The Kier molecular flexibility index (Phi) is 20.8. The molecule has 6 fully saturated rings. The van der Waals surface area contributed by atoms with E-state index in [2.05, 4.69) is 11.9 Å². The van der Waals surface area contributed by atoms with E-state index in [0.29, 0.717) is 0 Å². The highest BCUT2D eigenvalue weighted by Gasteiger charge is 2.59. The van der Waals surface area contributed by atoms with Gasteiger partial charge in [-0.25, -0.2) is 0 Å². The normalized spacial score (nSPS) is 50.9. The van der Waals surface area contributed by atoms with Gasteiger partial charge in [-0.1, -0.05) is 6.08 Å². The lowest BCUT2D eigenvalue weighted by atomic mass is 9.93. The quantitative estimate of drug-likeness (QED) is 0.0567. The van der Waals surface area contributed by atoms with E-state index in [0.717, 1.165) is 6.92 Å². The summed E-state index contributed by atoms with van der Waals surface area (Å²) in [6.45, 7) is 3.13. The lowest BCUT2D eigenvalue weighted by Crippen LogP contribution is -2.71. The van der Waals surface area contributed by atoms with E-state index in [1.165, 1.54) is 19.9 Å². The van der Waals surface area contributed by atoms with E-state index in [4.69, 9.17) is 56.8 Å². The maximum atomic E-state index is 13.1. The molecule has 0 spiro atoms. The van der Waals surface area contributed by atoms with Crippen LogP contribution in [0.5, 0.6) is 0 Å². The second-order valence-electron chi connectivity index (χ2n) is 18.1. The van der Waals surface area contributed by atoms with Gasteiger partial charge in [-0.3, -0.25) is 4.79 Å². The van der Waals surface area contributed by atoms with E-state index < -0.39 is 217 Å². The molecular formula is C41H69NO29. The summed E-state index contributed by atoms with van der Waals surface area (Å²) in [5, 5.41) is 175. The fourth-order valence-corrected chi connectivity index (χ4v) is 9.07. The van der Waals surface area contributed by atoms with Gasteiger partial charge in [0.05, 0.1) is 45.2 Å². The number of carbonyl (C=O) groups is 1. The Morgan fingerprint density at radius 2 is 0.845 bits per heavy atom. The van der Waals surface area contributed by atoms with Crippen LogP contribution in [0.4, 0.5) is 0 Å². The van der Waals surface area contributed by atoms with Gasteiger partial charge in [0.25, 0.3) is 0 Å². The highest BCUT2D eigenvalue weighted by atomic mass is 16.8. The fourth-order valence-electron chi connectivity index (χ4n) is 9.07. The van der Waals surface area contributed by atoms with Gasteiger partial charge in [0, 0.05) is 6.92 Å². The fraction of sp³-hybridized carbons (Fsp3) is 0.927. The smallest absolute Gasteiger partial charge is 0.217 e. The van der Waals surface area contributed by atoms with Crippen molar-refractivity contribution < 1.29 is 143 Å². The monoisotopic (exact) mass is 1040 g/mol. The van der Waals surface area contributed by atoms with Crippen LogP contribution >= 0.6 is 0 Å². The van der Waals surface area contributed by atoms with Crippen molar-refractivity contribution in [2.45, 2.75) is 205 Å². The zero-order valence-electron chi connectivity index (χ0n) is 38.6. The van der Waals surface area contributed by atoms with Crippen molar-refractivity contribution in [2.75, 3.05) is 33.0 Å². The number of hydrogen-bond acceptors (Lipinski definition) is 29. The predicted molar refractivity (Wildman–Crippen MR) is 222 cm³/mol. The molecule has 6 aliphatic heterocycles. The number of nitrogens with one attached hydrogen (secondary N) is 1. The van der Waals surface area contributed by atoms with Crippen LogP contribution in [-0.4, -0.2) is 305 Å². The number of aliphatic hydroxyl groups is 16. The molecule has 0 aliphatic carbocycles. The van der Waals surface area contributed by atoms with Crippen LogP contribution in [0.2, 0.25) is 0 Å². The summed E-state index contributed by atoms with van der Waals surface area (Å²) in [4.78, 5) is 13.1. The highest BCUT2D eigenvalue weighted by molar-refractivity contribution is 5.73. The van der Waals surface area contributed by atoms with Gasteiger partial charge in [-0.15, -0.1) is 6.58 Å². The van der Waals surface area contributed by atoms with Crippen LogP contribution in [0.3, 0.4) is 0 Å². The molecule has 17 N–H and O–H groups in total. The van der Waals surface area contributed by atoms with E-state index >= 15 is 0 Å². The predicted octanol–water partition coefficient (Wildman–Crippen LogP) is -10.7. The number of amides is 1. The van der Waals surface area contributed by atoms with Gasteiger partial charge in [0.15, 0.2) is 37.7 Å². The van der Waals surface area contributed by atoms with Gasteiger partial charge in [-0.2, -0.15) is 0 Å². The highest BCUT2D eigenvalue weighted by Crippen LogP contribution is 2.38. The van der Waals surface area contributed by atoms with Gasteiger partial charge in [0.1, 0.15) is 134 Å². The van der Waals surface area contributed by atoms with Crippen molar-refractivity contribution in [2.24, 2.45) is 0 Å². The maximum Gasteiger partial charge on any atom is 0.217 e. The van der Waals surface area contributed by atoms with Crippen molar-refractivity contribution in [3.8, 4) is 0 Å². The average molecular weight is 1040 g/mol. The molecule has 6 rings (SSSR count). The van der Waals surface area contributed by atoms with E-state index in [1.807, 2.05) is 0 Å². The SMILES string of the molecule is C=CCO[C@@H]1O[C@H](CO)[C@@H](O[C@@H]2O[C@H](CO)[C@H](O)[C@H](O[C@@H]3O[C@H](CO)[C@@H](O[C@@H]4O[C@H](CO)[C@H](O)[C@H](O)[C@H]4O[C@@H]4O[C@@H](C)[C@@H](O)[C@@H](O)[C@@H]4O)[C@H](O[C@@H]4O[C@@H](C)[C@@H](O)[C@@H](O)[C@@H]4O)[C@H]3NC(C)=O)[C@H]2O)[C@H](O)[C@H]1O. The lowest BCUT2D eigenvalue weighted by molar-refractivity contribution is -0.401. The minimum atomic E-state index is -2.16. The summed E-state index contributed by atoms with van der Waals surface area (Å²) in [6.07, 6.45) is -51.4. The molecule has 30 heteroatoms. The van der Waals surface area contributed by atoms with E-state index in [-0.39, 0.29) is 6.61 Å². The molecule has 30 nitrogen and oxygen atoms in total. The number of aliphatic hydroxyl groups excluding tert-OH is 16. The van der Waals surface area contributed by atoms with Crippen molar-refractivity contribution in [3.63, 3.8) is 0 Å². The second kappa shape index (κ2) is 25.3. The van der Waals surface area contributed by atoms with Gasteiger partial charge >= 0.3 is 0 Å². The molecular weight excluding hydrogens is 970 g/mol. The average Bonchev–Trinajstić information content (AvgIpc) is 3.34. The van der Waals surface area contributed by atoms with Crippen molar-refractivity contribution in [1.82, 2.24) is 5.32 Å². The molecule has 30 atom stereocenters. The summed E-state index contributed by atoms with van der Waals surface area (Å²) >= 11 is 0. The number of hydrogen-bond donors (Lipinski definition) is 17. The van der Waals surface area contributed by atoms with Crippen LogP contribution in [0.25, 0.3) is 0 Å². The van der Waals surface area contributed by atoms with Crippen molar-refractivity contribution in [1.29, 1.82) is 0 Å². The van der Waals surface area contributed by atoms with Crippen LogP contribution in [0.15, 0.2) is 12.7 Å². The molecule has 0 radical (unpaired) electrons. The second-order valence-corrected chi connectivity index (χ2v) is 18.1. The minimum absolute atomic E-state index is 0.131. The van der Waals surface area contributed by atoms with Gasteiger partial charge < -0.3 is 144 Å². The van der Waals surface area contributed by atoms with Crippen LogP contribution in [-0.2, 0) is 61.6 Å². The molecule has 0 saturated carbocycles. The number of carbonyl (C=O) groups excluding carboxylic acids is 1. The molecule has 6 heterocycles.